The van der Waals surface area contributed by atoms with E-state index in [1.54, 1.807) is 0 Å². The number of halogens is 1. The third-order valence-electron chi connectivity index (χ3n) is 4.65. The van der Waals surface area contributed by atoms with Crippen LogP contribution >= 0.6 is 11.6 Å². The molecule has 1 fully saturated rings. The standard InChI is InChI=1S/C21H23ClN2O4S/c1-17(22)16-28-21(25)19-8-5-9-20(14-19)29(26,27)24-12-10-23(11-13-24)15-18-6-3-2-4-7-18/h2-9,14H,1,10-13,15-16H2. The van der Waals surface area contributed by atoms with Gasteiger partial charge in [0, 0.05) is 37.8 Å². The molecule has 3 rings (SSSR count). The van der Waals surface area contributed by atoms with Crippen molar-refractivity contribution in [1.29, 1.82) is 0 Å². The van der Waals surface area contributed by atoms with Gasteiger partial charge in [0.05, 0.1) is 10.5 Å². The zero-order valence-corrected chi connectivity index (χ0v) is 17.5. The van der Waals surface area contributed by atoms with E-state index in [9.17, 15) is 13.2 Å². The van der Waals surface area contributed by atoms with E-state index in [0.717, 1.165) is 6.54 Å². The average molecular weight is 435 g/mol. The first-order valence-corrected chi connectivity index (χ1v) is 11.0. The second-order valence-corrected chi connectivity index (χ2v) is 9.26. The SMILES string of the molecule is C=C(Cl)COC(=O)c1cccc(S(=O)(=O)N2CCN(Cc3ccccc3)CC2)c1. The van der Waals surface area contributed by atoms with Gasteiger partial charge in [-0.05, 0) is 23.8 Å². The molecular weight excluding hydrogens is 412 g/mol. The highest BCUT2D eigenvalue weighted by atomic mass is 35.5. The number of carbonyl (C=O) groups is 1. The summed E-state index contributed by atoms with van der Waals surface area (Å²) in [6.45, 7) is 6.21. The van der Waals surface area contributed by atoms with E-state index < -0.39 is 16.0 Å². The minimum atomic E-state index is -3.69. The van der Waals surface area contributed by atoms with Gasteiger partial charge in [0.2, 0.25) is 10.0 Å². The third-order valence-corrected chi connectivity index (χ3v) is 6.65. The zero-order chi connectivity index (χ0) is 20.9. The summed E-state index contributed by atoms with van der Waals surface area (Å²) >= 11 is 5.60. The van der Waals surface area contributed by atoms with Gasteiger partial charge in [0.1, 0.15) is 6.61 Å². The highest BCUT2D eigenvalue weighted by Crippen LogP contribution is 2.20. The number of esters is 1. The smallest absolute Gasteiger partial charge is 0.338 e. The lowest BCUT2D eigenvalue weighted by atomic mass is 10.2. The van der Waals surface area contributed by atoms with Crippen LogP contribution in [0.5, 0.6) is 0 Å². The molecule has 1 aliphatic heterocycles. The summed E-state index contributed by atoms with van der Waals surface area (Å²) < 4.78 is 32.5. The van der Waals surface area contributed by atoms with Gasteiger partial charge in [0.15, 0.2) is 0 Å². The van der Waals surface area contributed by atoms with Gasteiger partial charge < -0.3 is 4.74 Å². The Bertz CT molecular complexity index is 971. The summed E-state index contributed by atoms with van der Waals surface area (Å²) in [5.41, 5.74) is 1.36. The molecule has 29 heavy (non-hydrogen) atoms. The Morgan fingerprint density at radius 3 is 2.38 bits per heavy atom. The van der Waals surface area contributed by atoms with Gasteiger partial charge in [-0.25, -0.2) is 13.2 Å². The number of sulfonamides is 1. The lowest BCUT2D eigenvalue weighted by Gasteiger charge is -2.34. The summed E-state index contributed by atoms with van der Waals surface area (Å²) in [7, 11) is -3.69. The molecule has 154 valence electrons. The first kappa shape index (κ1) is 21.5. The third kappa shape index (κ3) is 5.67. The largest absolute Gasteiger partial charge is 0.456 e. The molecule has 0 unspecified atom stereocenters. The fourth-order valence-corrected chi connectivity index (χ4v) is 4.65. The van der Waals surface area contributed by atoms with Crippen molar-refractivity contribution in [3.63, 3.8) is 0 Å². The van der Waals surface area contributed by atoms with Crippen molar-refractivity contribution in [2.75, 3.05) is 32.8 Å². The van der Waals surface area contributed by atoms with Crippen molar-refractivity contribution in [2.24, 2.45) is 0 Å². The Balaban J connectivity index is 1.64. The highest BCUT2D eigenvalue weighted by Gasteiger charge is 2.29. The molecule has 6 nitrogen and oxygen atoms in total. The number of hydrogen-bond donors (Lipinski definition) is 0. The second-order valence-electron chi connectivity index (χ2n) is 6.79. The lowest BCUT2D eigenvalue weighted by molar-refractivity contribution is 0.0546. The van der Waals surface area contributed by atoms with Crippen molar-refractivity contribution in [2.45, 2.75) is 11.4 Å². The molecule has 0 bridgehead atoms. The first-order chi connectivity index (χ1) is 13.9. The van der Waals surface area contributed by atoms with Crippen LogP contribution in [0.4, 0.5) is 0 Å². The summed E-state index contributed by atoms with van der Waals surface area (Å²) in [6.07, 6.45) is 0. The number of hydrogen-bond acceptors (Lipinski definition) is 5. The maximum absolute atomic E-state index is 13.0. The van der Waals surface area contributed by atoms with Crippen LogP contribution in [-0.2, 0) is 21.3 Å². The average Bonchev–Trinajstić information content (AvgIpc) is 2.73. The van der Waals surface area contributed by atoms with E-state index in [1.807, 2.05) is 18.2 Å². The van der Waals surface area contributed by atoms with Gasteiger partial charge >= 0.3 is 5.97 Å². The van der Waals surface area contributed by atoms with Crippen LogP contribution in [0.1, 0.15) is 15.9 Å². The predicted octanol–water partition coefficient (Wildman–Crippen LogP) is 3.10. The quantitative estimate of drug-likeness (QED) is 0.626. The minimum Gasteiger partial charge on any atom is -0.456 e. The van der Waals surface area contributed by atoms with E-state index in [0.29, 0.717) is 26.2 Å². The molecule has 1 aliphatic rings. The van der Waals surface area contributed by atoms with Gasteiger partial charge in [0.25, 0.3) is 0 Å². The predicted molar refractivity (Wildman–Crippen MR) is 112 cm³/mol. The highest BCUT2D eigenvalue weighted by molar-refractivity contribution is 7.89. The summed E-state index contributed by atoms with van der Waals surface area (Å²) in [4.78, 5) is 14.4. The molecule has 0 radical (unpaired) electrons. The molecule has 2 aromatic rings. The molecular formula is C21H23ClN2O4S. The van der Waals surface area contributed by atoms with Crippen molar-refractivity contribution in [1.82, 2.24) is 9.21 Å². The van der Waals surface area contributed by atoms with Crippen molar-refractivity contribution < 1.29 is 17.9 Å². The molecule has 1 saturated heterocycles. The molecule has 0 aromatic heterocycles. The zero-order valence-electron chi connectivity index (χ0n) is 16.0. The summed E-state index contributed by atoms with van der Waals surface area (Å²) in [5.74, 6) is -0.642. The number of nitrogens with zero attached hydrogens (tertiary/aromatic N) is 2. The van der Waals surface area contributed by atoms with Gasteiger partial charge in [-0.1, -0.05) is 54.6 Å². The Kier molecular flexibility index (Phi) is 7.08. The molecule has 0 saturated carbocycles. The normalized spacial score (nSPS) is 15.8. The fraction of sp³-hybridized carbons (Fsp3) is 0.286. The van der Waals surface area contributed by atoms with Crippen LogP contribution in [0, 0.1) is 0 Å². The van der Waals surface area contributed by atoms with Crippen molar-refractivity contribution >= 4 is 27.6 Å². The van der Waals surface area contributed by atoms with Crippen LogP contribution < -0.4 is 0 Å². The Hall–Kier alpha value is -2.19. The Labute approximate surface area is 176 Å². The van der Waals surface area contributed by atoms with Gasteiger partial charge in [-0.3, -0.25) is 4.90 Å². The van der Waals surface area contributed by atoms with E-state index in [1.165, 1.54) is 34.1 Å². The molecule has 1 heterocycles. The fourth-order valence-electron chi connectivity index (χ4n) is 3.13. The van der Waals surface area contributed by atoms with E-state index >= 15 is 0 Å². The topological polar surface area (TPSA) is 66.9 Å². The van der Waals surface area contributed by atoms with Crippen molar-refractivity contribution in [3.05, 3.63) is 77.3 Å². The van der Waals surface area contributed by atoms with Gasteiger partial charge in [-0.2, -0.15) is 4.31 Å². The number of piperazine rings is 1. The molecule has 0 amide bonds. The number of carbonyl (C=O) groups excluding carboxylic acids is 1. The Morgan fingerprint density at radius 1 is 1.03 bits per heavy atom. The van der Waals surface area contributed by atoms with Crippen LogP contribution in [0.25, 0.3) is 0 Å². The maximum Gasteiger partial charge on any atom is 0.338 e. The van der Waals surface area contributed by atoms with Crippen LogP contribution in [0.3, 0.4) is 0 Å². The van der Waals surface area contributed by atoms with Gasteiger partial charge in [-0.15, -0.1) is 0 Å². The van der Waals surface area contributed by atoms with E-state index in [4.69, 9.17) is 16.3 Å². The summed E-state index contributed by atoms with van der Waals surface area (Å²) in [5, 5.41) is 0.190. The van der Waals surface area contributed by atoms with E-state index in [2.05, 4.69) is 23.6 Å². The number of ether oxygens (including phenoxy) is 1. The Morgan fingerprint density at radius 2 is 1.72 bits per heavy atom. The first-order valence-electron chi connectivity index (χ1n) is 9.23. The van der Waals surface area contributed by atoms with E-state index in [-0.39, 0.29) is 22.1 Å². The number of rotatable bonds is 7. The van der Waals surface area contributed by atoms with Crippen molar-refractivity contribution in [3.8, 4) is 0 Å². The molecule has 8 heteroatoms. The summed E-state index contributed by atoms with van der Waals surface area (Å²) in [6, 6.07) is 16.0. The molecule has 2 aromatic carbocycles. The minimum absolute atomic E-state index is 0.0770. The molecule has 0 spiro atoms. The van der Waals surface area contributed by atoms with Crippen LogP contribution in [0.15, 0.2) is 71.1 Å². The second kappa shape index (κ2) is 9.54. The molecule has 0 aliphatic carbocycles. The van der Waals surface area contributed by atoms with Crippen LogP contribution in [-0.4, -0.2) is 56.4 Å². The monoisotopic (exact) mass is 434 g/mol. The molecule has 0 atom stereocenters. The molecule has 0 N–H and O–H groups in total. The van der Waals surface area contributed by atoms with Crippen LogP contribution in [0.2, 0.25) is 0 Å². The lowest BCUT2D eigenvalue weighted by Crippen LogP contribution is -2.48. The number of benzene rings is 2. The maximum atomic E-state index is 13.0.